The number of ether oxygens (including phenoxy) is 2. The van der Waals surface area contributed by atoms with Gasteiger partial charge >= 0.3 is 0 Å². The lowest BCUT2D eigenvalue weighted by Crippen LogP contribution is -2.42. The maximum absolute atomic E-state index is 13.3. The first kappa shape index (κ1) is 26.8. The van der Waals surface area contributed by atoms with E-state index in [0.29, 0.717) is 22.7 Å². The predicted molar refractivity (Wildman–Crippen MR) is 139 cm³/mol. The maximum Gasteiger partial charge on any atom is 0.239 e. The summed E-state index contributed by atoms with van der Waals surface area (Å²) in [6.07, 6.45) is 0. The molecule has 0 fully saturated rings. The highest BCUT2D eigenvalue weighted by Gasteiger charge is 2.22. The molecular formula is C27H26FN3O6S. The van der Waals surface area contributed by atoms with Crippen LogP contribution in [0.4, 0.5) is 10.1 Å². The van der Waals surface area contributed by atoms with Gasteiger partial charge in [-0.1, -0.05) is 42.5 Å². The number of benzene rings is 3. The van der Waals surface area contributed by atoms with Gasteiger partial charge < -0.3 is 25.0 Å². The number of carbonyl (C=O) groups is 3. The molecule has 0 saturated carbocycles. The largest absolute Gasteiger partial charge is 0.454 e. The van der Waals surface area contributed by atoms with Crippen LogP contribution in [-0.2, 0) is 38.3 Å². The standard InChI is InChI=1S/C27H26FN3O6S/c28-21-8-6-20(7-9-21)14-31(15-25(32)29-13-19-4-2-1-3-5-19)27(34)17-38(35)16-26(33)30-22-10-11-23-24(12-22)37-18-36-23/h1-12H,13-18H2,(H,29,32)(H,30,33). The summed E-state index contributed by atoms with van der Waals surface area (Å²) in [5.41, 5.74) is 1.93. The SMILES string of the molecule is O=C(CN(Cc1ccc(F)cc1)C(=O)CS(=O)CC(=O)Nc1ccc2c(c1)OCO2)NCc1ccccc1. The molecule has 0 aliphatic carbocycles. The third-order valence-corrected chi connectivity index (χ3v) is 6.69. The van der Waals surface area contributed by atoms with Gasteiger partial charge in [-0.3, -0.25) is 18.6 Å². The van der Waals surface area contributed by atoms with Gasteiger partial charge in [0.15, 0.2) is 11.5 Å². The third-order valence-electron chi connectivity index (χ3n) is 5.54. The molecule has 0 radical (unpaired) electrons. The second-order valence-electron chi connectivity index (χ2n) is 8.48. The van der Waals surface area contributed by atoms with Gasteiger partial charge in [0.2, 0.25) is 24.5 Å². The lowest BCUT2D eigenvalue weighted by molar-refractivity contribution is -0.134. The van der Waals surface area contributed by atoms with Gasteiger partial charge in [0.25, 0.3) is 0 Å². The smallest absolute Gasteiger partial charge is 0.239 e. The molecule has 3 aromatic rings. The minimum absolute atomic E-state index is 0.0124. The first-order valence-electron chi connectivity index (χ1n) is 11.7. The van der Waals surface area contributed by atoms with Crippen molar-refractivity contribution in [3.05, 3.63) is 89.7 Å². The summed E-state index contributed by atoms with van der Waals surface area (Å²) in [5, 5.41) is 5.38. The zero-order valence-electron chi connectivity index (χ0n) is 20.4. The summed E-state index contributed by atoms with van der Waals surface area (Å²) in [6.45, 7) is 0.101. The van der Waals surface area contributed by atoms with Crippen LogP contribution in [0.1, 0.15) is 11.1 Å². The Balaban J connectivity index is 1.34. The molecule has 0 aromatic heterocycles. The minimum atomic E-state index is -1.83. The minimum Gasteiger partial charge on any atom is -0.454 e. The van der Waals surface area contributed by atoms with Crippen molar-refractivity contribution < 1.29 is 32.5 Å². The average molecular weight is 540 g/mol. The number of halogens is 1. The van der Waals surface area contributed by atoms with E-state index in [0.717, 1.165) is 5.56 Å². The lowest BCUT2D eigenvalue weighted by atomic mass is 10.2. The van der Waals surface area contributed by atoms with Crippen LogP contribution in [0, 0.1) is 5.82 Å². The molecule has 1 unspecified atom stereocenters. The molecule has 38 heavy (non-hydrogen) atoms. The highest BCUT2D eigenvalue weighted by atomic mass is 32.2. The van der Waals surface area contributed by atoms with Crippen molar-refractivity contribution >= 4 is 34.2 Å². The lowest BCUT2D eigenvalue weighted by Gasteiger charge is -2.22. The number of hydrogen-bond acceptors (Lipinski definition) is 6. The Labute approximate surface area is 221 Å². The monoisotopic (exact) mass is 539 g/mol. The van der Waals surface area contributed by atoms with Crippen molar-refractivity contribution in [2.75, 3.05) is 30.2 Å². The quantitative estimate of drug-likeness (QED) is 0.387. The number of hydrogen-bond donors (Lipinski definition) is 2. The molecule has 1 heterocycles. The van der Waals surface area contributed by atoms with Gasteiger partial charge in [0.1, 0.15) is 17.3 Å². The van der Waals surface area contributed by atoms with Gasteiger partial charge in [0.05, 0.1) is 6.54 Å². The molecule has 4 rings (SSSR count). The van der Waals surface area contributed by atoms with Crippen LogP contribution in [0.25, 0.3) is 0 Å². The fourth-order valence-corrected chi connectivity index (χ4v) is 4.59. The molecule has 198 valence electrons. The molecule has 9 nitrogen and oxygen atoms in total. The van der Waals surface area contributed by atoms with Crippen LogP contribution in [-0.4, -0.2) is 51.7 Å². The van der Waals surface area contributed by atoms with Crippen LogP contribution in [0.3, 0.4) is 0 Å². The van der Waals surface area contributed by atoms with Crippen LogP contribution in [0.2, 0.25) is 0 Å². The fourth-order valence-electron chi connectivity index (χ4n) is 3.67. The topological polar surface area (TPSA) is 114 Å². The highest BCUT2D eigenvalue weighted by Crippen LogP contribution is 2.34. The van der Waals surface area contributed by atoms with Crippen molar-refractivity contribution in [3.63, 3.8) is 0 Å². The van der Waals surface area contributed by atoms with E-state index in [1.54, 1.807) is 18.2 Å². The van der Waals surface area contributed by atoms with E-state index < -0.39 is 45.8 Å². The first-order chi connectivity index (χ1) is 18.4. The molecule has 1 aliphatic heterocycles. The second kappa shape index (κ2) is 12.8. The first-order valence-corrected chi connectivity index (χ1v) is 13.2. The molecule has 0 saturated heterocycles. The Morgan fingerprint density at radius 2 is 1.61 bits per heavy atom. The molecule has 3 amide bonds. The molecule has 1 aliphatic rings. The molecule has 3 aromatic carbocycles. The Morgan fingerprint density at radius 1 is 0.868 bits per heavy atom. The fraction of sp³-hybridized carbons (Fsp3) is 0.222. The van der Waals surface area contributed by atoms with Crippen LogP contribution >= 0.6 is 0 Å². The molecule has 2 N–H and O–H groups in total. The Hall–Kier alpha value is -4.25. The molecule has 0 bridgehead atoms. The number of nitrogens with zero attached hydrogens (tertiary/aromatic N) is 1. The zero-order chi connectivity index (χ0) is 26.9. The Morgan fingerprint density at radius 3 is 2.37 bits per heavy atom. The number of fused-ring (bicyclic) bond motifs is 1. The number of rotatable bonds is 11. The van der Waals surface area contributed by atoms with Crippen molar-refractivity contribution in [1.82, 2.24) is 10.2 Å². The maximum atomic E-state index is 13.3. The zero-order valence-corrected chi connectivity index (χ0v) is 21.2. The van der Waals surface area contributed by atoms with E-state index in [2.05, 4.69) is 10.6 Å². The van der Waals surface area contributed by atoms with E-state index in [4.69, 9.17) is 9.47 Å². The number of amides is 3. The average Bonchev–Trinajstić information content (AvgIpc) is 3.37. The van der Waals surface area contributed by atoms with Gasteiger partial charge in [-0.2, -0.15) is 0 Å². The van der Waals surface area contributed by atoms with Gasteiger partial charge in [0, 0.05) is 35.6 Å². The van der Waals surface area contributed by atoms with Crippen molar-refractivity contribution in [1.29, 1.82) is 0 Å². The van der Waals surface area contributed by atoms with E-state index in [9.17, 15) is 23.0 Å². The summed E-state index contributed by atoms with van der Waals surface area (Å²) < 4.78 is 36.5. The van der Waals surface area contributed by atoms with E-state index in [1.165, 1.54) is 29.2 Å². The summed E-state index contributed by atoms with van der Waals surface area (Å²) in [6, 6.07) is 19.7. The number of carbonyl (C=O) groups excluding carboxylic acids is 3. The van der Waals surface area contributed by atoms with E-state index in [-0.39, 0.29) is 26.4 Å². The van der Waals surface area contributed by atoms with Crippen molar-refractivity contribution in [2.24, 2.45) is 0 Å². The summed E-state index contributed by atoms with van der Waals surface area (Å²) in [4.78, 5) is 39.2. The van der Waals surface area contributed by atoms with Gasteiger partial charge in [-0.15, -0.1) is 0 Å². The van der Waals surface area contributed by atoms with Crippen molar-refractivity contribution in [3.8, 4) is 11.5 Å². The second-order valence-corrected chi connectivity index (χ2v) is 9.94. The predicted octanol–water partition coefficient (Wildman–Crippen LogP) is 2.59. The number of nitrogens with one attached hydrogen (secondary N) is 2. The number of anilines is 1. The Bertz CT molecular complexity index is 1320. The highest BCUT2D eigenvalue weighted by molar-refractivity contribution is 7.86. The summed E-state index contributed by atoms with van der Waals surface area (Å²) in [5.74, 6) is -1.77. The normalized spacial score (nSPS) is 12.4. The third kappa shape index (κ3) is 7.87. The molecule has 1 atom stereocenters. The van der Waals surface area contributed by atoms with E-state index in [1.807, 2.05) is 30.3 Å². The van der Waals surface area contributed by atoms with E-state index >= 15 is 0 Å². The van der Waals surface area contributed by atoms with Crippen LogP contribution in [0.15, 0.2) is 72.8 Å². The molecular weight excluding hydrogens is 513 g/mol. The van der Waals surface area contributed by atoms with Crippen LogP contribution < -0.4 is 20.1 Å². The summed E-state index contributed by atoms with van der Waals surface area (Å²) in [7, 11) is -1.83. The molecule has 0 spiro atoms. The van der Waals surface area contributed by atoms with Crippen LogP contribution in [0.5, 0.6) is 11.5 Å². The summed E-state index contributed by atoms with van der Waals surface area (Å²) >= 11 is 0. The van der Waals surface area contributed by atoms with Crippen molar-refractivity contribution in [2.45, 2.75) is 13.1 Å². The van der Waals surface area contributed by atoms with Gasteiger partial charge in [-0.25, -0.2) is 4.39 Å². The molecule has 11 heteroatoms. The van der Waals surface area contributed by atoms with Gasteiger partial charge in [-0.05, 0) is 35.4 Å². The Kier molecular flexibility index (Phi) is 9.04.